The number of aromatic nitrogens is 2. The monoisotopic (exact) mass is 290 g/mol. The van der Waals surface area contributed by atoms with Crippen LogP contribution in [0.1, 0.15) is 11.3 Å². The molecule has 2 heterocycles. The van der Waals surface area contributed by atoms with Crippen LogP contribution in [0.5, 0.6) is 0 Å². The Balaban J connectivity index is 1.98. The highest BCUT2D eigenvalue weighted by Crippen LogP contribution is 2.29. The minimum absolute atomic E-state index is 0.806. The average molecular weight is 291 g/mol. The molecule has 0 atom stereocenters. The third-order valence-corrected chi connectivity index (χ3v) is 4.17. The first-order valence-corrected chi connectivity index (χ1v) is 6.50. The predicted octanol–water partition coefficient (Wildman–Crippen LogP) is 3.49. The molecule has 0 bridgehead atoms. The number of furan rings is 1. The van der Waals surface area contributed by atoms with Crippen molar-refractivity contribution in [2.24, 2.45) is 0 Å². The molecule has 14 heavy (non-hydrogen) atoms. The molecule has 0 aliphatic heterocycles. The van der Waals surface area contributed by atoms with Crippen LogP contribution in [-0.2, 0) is 5.75 Å². The molecule has 0 aliphatic carbocycles. The molecule has 0 aliphatic rings. The molecule has 0 fully saturated rings. The zero-order valence-corrected chi connectivity index (χ0v) is 10.6. The fourth-order valence-corrected chi connectivity index (χ4v) is 3.40. The second kappa shape index (κ2) is 4.46. The summed E-state index contributed by atoms with van der Waals surface area (Å²) in [5.74, 6) is 1.81. The normalized spacial score (nSPS) is 10.7. The van der Waals surface area contributed by atoms with Crippen molar-refractivity contribution in [3.63, 3.8) is 0 Å². The molecule has 74 valence electrons. The summed E-state index contributed by atoms with van der Waals surface area (Å²) in [7, 11) is 0. The van der Waals surface area contributed by atoms with E-state index in [1.807, 2.05) is 13.0 Å². The van der Waals surface area contributed by atoms with Crippen LogP contribution < -0.4 is 0 Å². The second-order valence-electron chi connectivity index (χ2n) is 2.64. The van der Waals surface area contributed by atoms with Crippen molar-refractivity contribution in [1.82, 2.24) is 10.2 Å². The Morgan fingerprint density at radius 1 is 1.57 bits per heavy atom. The molecule has 2 rings (SSSR count). The highest BCUT2D eigenvalue weighted by molar-refractivity contribution is 9.11. The predicted molar refractivity (Wildman–Crippen MR) is 60.6 cm³/mol. The molecule has 2 aromatic heterocycles. The average Bonchev–Trinajstić information content (AvgIpc) is 2.72. The molecular weight excluding hydrogens is 284 g/mol. The first kappa shape index (κ1) is 10.2. The van der Waals surface area contributed by atoms with Crippen LogP contribution in [-0.4, -0.2) is 10.2 Å². The van der Waals surface area contributed by atoms with Crippen molar-refractivity contribution in [2.75, 3.05) is 0 Å². The maximum Gasteiger partial charge on any atom is 0.184 e. The smallest absolute Gasteiger partial charge is 0.184 e. The Bertz CT molecular complexity index is 426. The van der Waals surface area contributed by atoms with E-state index >= 15 is 0 Å². The number of thioether (sulfide) groups is 1. The van der Waals surface area contributed by atoms with Gasteiger partial charge in [0.1, 0.15) is 5.76 Å². The summed E-state index contributed by atoms with van der Waals surface area (Å²) in [5, 5.41) is 7.86. The lowest BCUT2D eigenvalue weighted by molar-refractivity contribution is 0.528. The van der Waals surface area contributed by atoms with E-state index in [9.17, 15) is 0 Å². The van der Waals surface area contributed by atoms with Gasteiger partial charge in [-0.25, -0.2) is 0 Å². The third kappa shape index (κ3) is 2.37. The van der Waals surface area contributed by atoms with E-state index in [0.717, 1.165) is 19.8 Å². The number of nitrogens with zero attached hydrogens (tertiary/aromatic N) is 2. The van der Waals surface area contributed by atoms with E-state index in [-0.39, 0.29) is 0 Å². The van der Waals surface area contributed by atoms with Crippen LogP contribution in [0.3, 0.4) is 0 Å². The van der Waals surface area contributed by atoms with Gasteiger partial charge in [0.2, 0.25) is 0 Å². The van der Waals surface area contributed by atoms with Gasteiger partial charge in [0, 0.05) is 0 Å². The molecule has 3 nitrogen and oxygen atoms in total. The van der Waals surface area contributed by atoms with Gasteiger partial charge >= 0.3 is 0 Å². The summed E-state index contributed by atoms with van der Waals surface area (Å²) in [5.41, 5.74) is 1.18. The van der Waals surface area contributed by atoms with E-state index in [2.05, 4.69) is 26.1 Å². The van der Waals surface area contributed by atoms with Crippen molar-refractivity contribution in [3.05, 3.63) is 27.6 Å². The van der Waals surface area contributed by atoms with E-state index in [0.29, 0.717) is 0 Å². The fourth-order valence-electron chi connectivity index (χ4n) is 0.931. The summed E-state index contributed by atoms with van der Waals surface area (Å²) < 4.78 is 7.08. The molecule has 0 saturated heterocycles. The Morgan fingerprint density at radius 3 is 3.00 bits per heavy atom. The van der Waals surface area contributed by atoms with Gasteiger partial charge in [0.05, 0.1) is 12.0 Å². The summed E-state index contributed by atoms with van der Waals surface area (Å²) in [6.45, 7) is 2.04. The summed E-state index contributed by atoms with van der Waals surface area (Å²) >= 11 is 6.44. The summed E-state index contributed by atoms with van der Waals surface area (Å²) in [6, 6.07) is 1.96. The van der Waals surface area contributed by atoms with E-state index in [1.165, 1.54) is 16.9 Å². The zero-order chi connectivity index (χ0) is 9.97. The van der Waals surface area contributed by atoms with E-state index in [4.69, 9.17) is 4.42 Å². The first-order chi connectivity index (χ1) is 6.75. The molecule has 0 N–H and O–H groups in total. The minimum atomic E-state index is 0.806. The number of rotatable bonds is 3. The Kier molecular flexibility index (Phi) is 3.25. The quantitative estimate of drug-likeness (QED) is 0.811. The van der Waals surface area contributed by atoms with Gasteiger partial charge in [-0.1, -0.05) is 23.1 Å². The Morgan fingerprint density at radius 2 is 2.43 bits per heavy atom. The fraction of sp³-hybridized carbons (Fsp3) is 0.250. The molecule has 0 saturated carbocycles. The zero-order valence-electron chi connectivity index (χ0n) is 7.36. The van der Waals surface area contributed by atoms with Crippen LogP contribution in [0, 0.1) is 6.92 Å². The van der Waals surface area contributed by atoms with Gasteiger partial charge in [-0.2, -0.15) is 0 Å². The van der Waals surface area contributed by atoms with Crippen LogP contribution in [0.15, 0.2) is 25.0 Å². The standard InChI is InChI=1S/C8H7BrN2OS2/c1-5-2-3-12-6(5)4-13-8-11-10-7(9)14-8/h2-3H,4H2,1H3. The van der Waals surface area contributed by atoms with Gasteiger partial charge in [-0.05, 0) is 34.5 Å². The molecule has 0 unspecified atom stereocenters. The minimum Gasteiger partial charge on any atom is -0.468 e. The highest BCUT2D eigenvalue weighted by atomic mass is 79.9. The summed E-state index contributed by atoms with van der Waals surface area (Å²) in [6.07, 6.45) is 1.71. The van der Waals surface area contributed by atoms with Crippen molar-refractivity contribution < 1.29 is 4.42 Å². The van der Waals surface area contributed by atoms with Crippen molar-refractivity contribution in [2.45, 2.75) is 17.0 Å². The Hall–Kier alpha value is -0.330. The number of halogens is 1. The van der Waals surface area contributed by atoms with Crippen molar-refractivity contribution in [1.29, 1.82) is 0 Å². The van der Waals surface area contributed by atoms with Gasteiger partial charge in [0.15, 0.2) is 8.26 Å². The maximum absolute atomic E-state index is 5.32. The molecule has 0 aromatic carbocycles. The van der Waals surface area contributed by atoms with Gasteiger partial charge < -0.3 is 4.42 Å². The summed E-state index contributed by atoms with van der Waals surface area (Å²) in [4.78, 5) is 0. The van der Waals surface area contributed by atoms with E-state index < -0.39 is 0 Å². The molecule has 2 aromatic rings. The lowest BCUT2D eigenvalue weighted by atomic mass is 10.3. The maximum atomic E-state index is 5.32. The second-order valence-corrected chi connectivity index (χ2v) is 6.11. The van der Waals surface area contributed by atoms with Crippen LogP contribution in [0.2, 0.25) is 0 Å². The van der Waals surface area contributed by atoms with Crippen molar-refractivity contribution in [3.8, 4) is 0 Å². The SMILES string of the molecule is Cc1ccoc1CSc1nnc(Br)s1. The molecule has 0 radical (unpaired) electrons. The van der Waals surface area contributed by atoms with Crippen LogP contribution >= 0.6 is 39.0 Å². The van der Waals surface area contributed by atoms with E-state index in [1.54, 1.807) is 18.0 Å². The highest BCUT2D eigenvalue weighted by Gasteiger charge is 2.06. The molecular formula is C8H7BrN2OS2. The molecule has 0 spiro atoms. The van der Waals surface area contributed by atoms with Gasteiger partial charge in [-0.3, -0.25) is 0 Å². The molecule has 6 heteroatoms. The molecule has 0 amide bonds. The van der Waals surface area contributed by atoms with Crippen LogP contribution in [0.25, 0.3) is 0 Å². The number of aryl methyl sites for hydroxylation is 1. The Labute approximate surface area is 98.1 Å². The largest absolute Gasteiger partial charge is 0.468 e. The number of hydrogen-bond donors (Lipinski definition) is 0. The van der Waals surface area contributed by atoms with Gasteiger partial charge in [-0.15, -0.1) is 10.2 Å². The van der Waals surface area contributed by atoms with Crippen molar-refractivity contribution >= 4 is 39.0 Å². The lowest BCUT2D eigenvalue weighted by Crippen LogP contribution is -1.79. The number of hydrogen-bond acceptors (Lipinski definition) is 5. The first-order valence-electron chi connectivity index (χ1n) is 3.90. The topological polar surface area (TPSA) is 38.9 Å². The van der Waals surface area contributed by atoms with Crippen LogP contribution in [0.4, 0.5) is 0 Å². The van der Waals surface area contributed by atoms with Gasteiger partial charge in [0.25, 0.3) is 0 Å². The third-order valence-electron chi connectivity index (χ3n) is 1.68. The lowest BCUT2D eigenvalue weighted by Gasteiger charge is -1.94.